The van der Waals surface area contributed by atoms with Crippen molar-refractivity contribution in [2.45, 2.75) is 12.8 Å². The Bertz CT molecular complexity index is 536. The fourth-order valence-electron chi connectivity index (χ4n) is 2.01. The van der Waals surface area contributed by atoms with Crippen LogP contribution >= 0.6 is 0 Å². The second-order valence-electron chi connectivity index (χ2n) is 4.94. The van der Waals surface area contributed by atoms with Gasteiger partial charge in [-0.2, -0.15) is 0 Å². The van der Waals surface area contributed by atoms with E-state index >= 15 is 0 Å². The quantitative estimate of drug-likeness (QED) is 0.547. The molecule has 118 valence electrons. The molecule has 1 fully saturated rings. The molecule has 22 heavy (non-hydrogen) atoms. The molecule has 0 aromatic rings. The lowest BCUT2D eigenvalue weighted by molar-refractivity contribution is -0.198. The molecule has 0 atom stereocenters. The molecule has 0 saturated carbocycles. The van der Waals surface area contributed by atoms with Crippen molar-refractivity contribution >= 4 is 29.6 Å². The molecule has 2 rings (SSSR count). The highest BCUT2D eigenvalue weighted by atomic mass is 16.7. The van der Waals surface area contributed by atoms with Gasteiger partial charge in [-0.15, -0.1) is 5.06 Å². The van der Waals surface area contributed by atoms with Gasteiger partial charge in [0.2, 0.25) is 0 Å². The van der Waals surface area contributed by atoms with Gasteiger partial charge >= 0.3 is 5.97 Å². The van der Waals surface area contributed by atoms with Crippen molar-refractivity contribution in [2.24, 2.45) is 0 Å². The van der Waals surface area contributed by atoms with Crippen LogP contribution in [-0.4, -0.2) is 71.1 Å². The van der Waals surface area contributed by atoms with Crippen LogP contribution in [0, 0.1) is 0 Å². The molecule has 0 unspecified atom stereocenters. The van der Waals surface area contributed by atoms with Gasteiger partial charge in [-0.25, -0.2) is 4.79 Å². The zero-order valence-corrected chi connectivity index (χ0v) is 12.0. The van der Waals surface area contributed by atoms with Crippen LogP contribution in [0.15, 0.2) is 12.2 Å². The number of hydrogen-bond acceptors (Lipinski definition) is 7. The molecule has 9 nitrogen and oxygen atoms in total. The summed E-state index contributed by atoms with van der Waals surface area (Å²) in [7, 11) is 1.59. The summed E-state index contributed by atoms with van der Waals surface area (Å²) in [4.78, 5) is 64.2. The summed E-state index contributed by atoms with van der Waals surface area (Å²) >= 11 is 0. The number of likely N-dealkylation sites (N-methyl/N-ethyl adjacent to an activating group) is 1. The Hall–Kier alpha value is -2.55. The first kappa shape index (κ1) is 15.8. The molecule has 2 aliphatic heterocycles. The summed E-state index contributed by atoms with van der Waals surface area (Å²) in [6, 6.07) is 0. The van der Waals surface area contributed by atoms with Gasteiger partial charge in [0, 0.05) is 38.1 Å². The average molecular weight is 309 g/mol. The SMILES string of the molecule is CN(CCN1C(=O)C=CC1=O)CC(=O)ON1C(=O)CCC1=O. The van der Waals surface area contributed by atoms with Gasteiger partial charge in [-0.05, 0) is 7.05 Å². The monoisotopic (exact) mass is 309 g/mol. The van der Waals surface area contributed by atoms with Gasteiger partial charge in [0.25, 0.3) is 23.6 Å². The Morgan fingerprint density at radius 2 is 1.68 bits per heavy atom. The smallest absolute Gasteiger partial charge is 0.329 e. The summed E-state index contributed by atoms with van der Waals surface area (Å²) in [6.07, 6.45) is 2.44. The normalized spacial score (nSPS) is 18.1. The number of hydrogen-bond donors (Lipinski definition) is 0. The maximum Gasteiger partial charge on any atom is 0.347 e. The van der Waals surface area contributed by atoms with Crippen molar-refractivity contribution in [1.82, 2.24) is 14.9 Å². The van der Waals surface area contributed by atoms with Crippen molar-refractivity contribution in [1.29, 1.82) is 0 Å². The first-order valence-corrected chi connectivity index (χ1v) is 6.67. The minimum atomic E-state index is -0.761. The van der Waals surface area contributed by atoms with Crippen LogP contribution in [-0.2, 0) is 28.8 Å². The minimum absolute atomic E-state index is 0.0358. The third-order valence-corrected chi connectivity index (χ3v) is 3.20. The highest BCUT2D eigenvalue weighted by Gasteiger charge is 2.33. The second kappa shape index (κ2) is 6.48. The number of amides is 4. The maximum absolute atomic E-state index is 11.7. The molecule has 0 aromatic heterocycles. The minimum Gasteiger partial charge on any atom is -0.329 e. The van der Waals surface area contributed by atoms with Gasteiger partial charge in [-0.3, -0.25) is 29.0 Å². The molecule has 0 N–H and O–H groups in total. The Morgan fingerprint density at radius 1 is 1.14 bits per heavy atom. The lowest BCUT2D eigenvalue weighted by Gasteiger charge is -2.20. The van der Waals surface area contributed by atoms with Crippen LogP contribution in [0.1, 0.15) is 12.8 Å². The zero-order chi connectivity index (χ0) is 16.3. The largest absolute Gasteiger partial charge is 0.347 e. The Morgan fingerprint density at radius 3 is 2.23 bits per heavy atom. The Labute approximate surface area is 126 Å². The number of hydroxylamine groups is 2. The third kappa shape index (κ3) is 3.55. The van der Waals surface area contributed by atoms with Crippen molar-refractivity contribution < 1.29 is 28.8 Å². The molecule has 4 amide bonds. The second-order valence-corrected chi connectivity index (χ2v) is 4.94. The van der Waals surface area contributed by atoms with E-state index in [9.17, 15) is 24.0 Å². The molecular formula is C13H15N3O6. The van der Waals surface area contributed by atoms with Gasteiger partial charge in [0.1, 0.15) is 0 Å². The molecule has 2 heterocycles. The van der Waals surface area contributed by atoms with E-state index in [4.69, 9.17) is 4.84 Å². The first-order valence-electron chi connectivity index (χ1n) is 6.67. The molecular weight excluding hydrogens is 294 g/mol. The standard InChI is InChI=1S/C13H15N3O6/c1-14(6-7-15-9(17)2-3-10(15)18)8-13(21)22-16-11(19)4-5-12(16)20/h2-3H,4-8H2,1H3. The Balaban J connectivity index is 1.75. The first-order chi connectivity index (χ1) is 10.4. The van der Waals surface area contributed by atoms with E-state index < -0.39 is 29.6 Å². The number of carbonyl (C=O) groups excluding carboxylic acids is 5. The van der Waals surface area contributed by atoms with E-state index in [-0.39, 0.29) is 32.5 Å². The highest BCUT2D eigenvalue weighted by molar-refractivity contribution is 6.12. The van der Waals surface area contributed by atoms with E-state index in [0.29, 0.717) is 5.06 Å². The van der Waals surface area contributed by atoms with Crippen molar-refractivity contribution in [3.05, 3.63) is 12.2 Å². The van der Waals surface area contributed by atoms with Gasteiger partial charge in [0.05, 0.1) is 6.54 Å². The van der Waals surface area contributed by atoms with Crippen molar-refractivity contribution in [3.8, 4) is 0 Å². The molecule has 0 aromatic carbocycles. The summed E-state index contributed by atoms with van der Waals surface area (Å²) in [5, 5.41) is 0.480. The molecule has 2 aliphatic rings. The van der Waals surface area contributed by atoms with Gasteiger partial charge < -0.3 is 4.84 Å². The zero-order valence-electron chi connectivity index (χ0n) is 12.0. The van der Waals surface area contributed by atoms with Gasteiger partial charge in [0.15, 0.2) is 0 Å². The van der Waals surface area contributed by atoms with Crippen molar-refractivity contribution in [3.63, 3.8) is 0 Å². The van der Waals surface area contributed by atoms with E-state index in [1.165, 1.54) is 17.1 Å². The third-order valence-electron chi connectivity index (χ3n) is 3.20. The fraction of sp³-hybridized carbons (Fsp3) is 0.462. The molecule has 0 aliphatic carbocycles. The van der Waals surface area contributed by atoms with E-state index in [1.807, 2.05) is 0 Å². The maximum atomic E-state index is 11.7. The molecule has 1 saturated heterocycles. The fourth-order valence-corrected chi connectivity index (χ4v) is 2.01. The Kier molecular flexibility index (Phi) is 4.66. The number of imide groups is 2. The van der Waals surface area contributed by atoms with E-state index in [2.05, 4.69) is 0 Å². The molecule has 9 heteroatoms. The lowest BCUT2D eigenvalue weighted by atomic mass is 10.4. The summed E-state index contributed by atoms with van der Waals surface area (Å²) in [6.45, 7) is 0.215. The number of nitrogens with zero attached hydrogens (tertiary/aromatic N) is 3. The van der Waals surface area contributed by atoms with Crippen LogP contribution in [0.4, 0.5) is 0 Å². The molecule has 0 spiro atoms. The number of carbonyl (C=O) groups is 5. The van der Waals surface area contributed by atoms with Crippen LogP contribution in [0.5, 0.6) is 0 Å². The molecule has 0 bridgehead atoms. The van der Waals surface area contributed by atoms with E-state index in [1.54, 1.807) is 7.05 Å². The van der Waals surface area contributed by atoms with Crippen LogP contribution in [0.3, 0.4) is 0 Å². The summed E-state index contributed by atoms with van der Waals surface area (Å²) < 4.78 is 0. The van der Waals surface area contributed by atoms with Crippen LogP contribution < -0.4 is 0 Å². The number of rotatable bonds is 6. The predicted octanol–water partition coefficient (Wildman–Crippen LogP) is -1.55. The van der Waals surface area contributed by atoms with Crippen molar-refractivity contribution in [2.75, 3.05) is 26.7 Å². The van der Waals surface area contributed by atoms with E-state index in [0.717, 1.165) is 4.90 Å². The topological polar surface area (TPSA) is 104 Å². The highest BCUT2D eigenvalue weighted by Crippen LogP contribution is 2.12. The average Bonchev–Trinajstić information content (AvgIpc) is 2.93. The summed E-state index contributed by atoms with van der Waals surface area (Å²) in [5.74, 6) is -2.63. The summed E-state index contributed by atoms with van der Waals surface area (Å²) in [5.41, 5.74) is 0. The van der Waals surface area contributed by atoms with Crippen LogP contribution in [0.2, 0.25) is 0 Å². The lowest BCUT2D eigenvalue weighted by Crippen LogP contribution is -2.40. The van der Waals surface area contributed by atoms with Crippen LogP contribution in [0.25, 0.3) is 0 Å². The molecule has 0 radical (unpaired) electrons. The van der Waals surface area contributed by atoms with Gasteiger partial charge in [-0.1, -0.05) is 0 Å². The predicted molar refractivity (Wildman–Crippen MR) is 70.5 cm³/mol.